The highest BCUT2D eigenvalue weighted by Crippen LogP contribution is 1.79. The summed E-state index contributed by atoms with van der Waals surface area (Å²) < 4.78 is 4.26. The Balaban J connectivity index is 2.99. The van der Waals surface area contributed by atoms with E-state index in [4.69, 9.17) is 11.6 Å². The van der Waals surface area contributed by atoms with Gasteiger partial charge < -0.3 is 4.74 Å². The van der Waals surface area contributed by atoms with Gasteiger partial charge in [-0.15, -0.1) is 11.6 Å². The van der Waals surface area contributed by atoms with Gasteiger partial charge in [-0.25, -0.2) is 9.90 Å². The van der Waals surface area contributed by atoms with Crippen molar-refractivity contribution < 1.29 is 14.6 Å². The molecule has 0 aromatic heterocycles. The molecule has 1 radical (unpaired) electrons. The molecule has 0 amide bonds. The monoisotopic (exact) mass is 137 g/mol. The molecule has 47 valence electrons. The molecule has 0 heterocycles. The SMILES string of the molecule is [O]CC(=O)OCCCl. The average molecular weight is 138 g/mol. The van der Waals surface area contributed by atoms with Gasteiger partial charge in [0.2, 0.25) is 0 Å². The molecule has 0 spiro atoms. The van der Waals surface area contributed by atoms with E-state index in [0.717, 1.165) is 0 Å². The standard InChI is InChI=1S/C4H6ClO3/c5-1-2-8-4(7)3-6/h1-3H2. The molecule has 0 aliphatic rings. The number of carbonyl (C=O) groups excluding carboxylic acids is 1. The molecule has 0 saturated heterocycles. The number of rotatable bonds is 3. The Morgan fingerprint density at radius 1 is 1.62 bits per heavy atom. The summed E-state index contributed by atoms with van der Waals surface area (Å²) in [6.07, 6.45) is 0. The fraction of sp³-hybridized carbons (Fsp3) is 0.750. The van der Waals surface area contributed by atoms with Gasteiger partial charge in [0.1, 0.15) is 6.61 Å². The summed E-state index contributed by atoms with van der Waals surface area (Å²) in [6.45, 7) is -0.695. The highest BCUT2D eigenvalue weighted by Gasteiger charge is 1.96. The molecule has 0 unspecified atom stereocenters. The Kier molecular flexibility index (Phi) is 4.70. The van der Waals surface area contributed by atoms with Crippen LogP contribution >= 0.6 is 11.6 Å². The van der Waals surface area contributed by atoms with Crippen molar-refractivity contribution in [2.45, 2.75) is 0 Å². The van der Waals surface area contributed by atoms with E-state index in [-0.39, 0.29) is 12.5 Å². The maximum atomic E-state index is 9.98. The lowest BCUT2D eigenvalue weighted by Gasteiger charge is -1.94. The van der Waals surface area contributed by atoms with Crippen LogP contribution in [-0.4, -0.2) is 25.1 Å². The summed E-state index contributed by atoms with van der Waals surface area (Å²) in [5.74, 6) is -0.503. The fourth-order valence-corrected chi connectivity index (χ4v) is 0.271. The molecular weight excluding hydrogens is 131 g/mol. The van der Waals surface area contributed by atoms with E-state index in [1.807, 2.05) is 0 Å². The predicted molar refractivity (Wildman–Crippen MR) is 27.2 cm³/mol. The first-order valence-electron chi connectivity index (χ1n) is 2.11. The molecule has 0 saturated carbocycles. The summed E-state index contributed by atoms with van der Waals surface area (Å²) in [4.78, 5) is 9.98. The fourth-order valence-electron chi connectivity index (χ4n) is 0.194. The van der Waals surface area contributed by atoms with Crippen molar-refractivity contribution in [2.24, 2.45) is 0 Å². The number of halogens is 1. The van der Waals surface area contributed by atoms with E-state index in [9.17, 15) is 9.90 Å². The van der Waals surface area contributed by atoms with Crippen molar-refractivity contribution in [2.75, 3.05) is 19.1 Å². The average Bonchev–Trinajstić information content (AvgIpc) is 1.83. The smallest absolute Gasteiger partial charge is 0.335 e. The van der Waals surface area contributed by atoms with Crippen molar-refractivity contribution in [3.8, 4) is 0 Å². The third kappa shape index (κ3) is 3.89. The molecule has 0 fully saturated rings. The van der Waals surface area contributed by atoms with Crippen LogP contribution in [0.25, 0.3) is 0 Å². The van der Waals surface area contributed by atoms with Crippen LogP contribution in [0.15, 0.2) is 0 Å². The van der Waals surface area contributed by atoms with Gasteiger partial charge in [-0.3, -0.25) is 0 Å². The number of esters is 1. The topological polar surface area (TPSA) is 46.2 Å². The van der Waals surface area contributed by atoms with Crippen LogP contribution in [0.2, 0.25) is 0 Å². The van der Waals surface area contributed by atoms with Gasteiger partial charge in [0, 0.05) is 0 Å². The van der Waals surface area contributed by atoms with Gasteiger partial charge in [-0.2, -0.15) is 0 Å². The van der Waals surface area contributed by atoms with Crippen LogP contribution in [0.5, 0.6) is 0 Å². The molecule has 0 N–H and O–H groups in total. The van der Waals surface area contributed by atoms with Crippen molar-refractivity contribution >= 4 is 17.6 Å². The number of carbonyl (C=O) groups is 1. The number of alkyl halides is 1. The van der Waals surface area contributed by atoms with Crippen LogP contribution < -0.4 is 0 Å². The molecule has 3 nitrogen and oxygen atoms in total. The van der Waals surface area contributed by atoms with Gasteiger partial charge in [-0.1, -0.05) is 0 Å². The summed E-state index contributed by atoms with van der Waals surface area (Å²) >= 11 is 5.12. The Morgan fingerprint density at radius 3 is 2.62 bits per heavy atom. The first-order chi connectivity index (χ1) is 3.81. The van der Waals surface area contributed by atoms with Crippen LogP contribution in [0.4, 0.5) is 0 Å². The predicted octanol–water partition coefficient (Wildman–Crippen LogP) is 0.199. The van der Waals surface area contributed by atoms with Crippen molar-refractivity contribution in [3.05, 3.63) is 0 Å². The van der Waals surface area contributed by atoms with Crippen LogP contribution in [0.3, 0.4) is 0 Å². The maximum absolute atomic E-state index is 9.98. The molecule has 4 heteroatoms. The second kappa shape index (κ2) is 4.87. The first kappa shape index (κ1) is 7.72. The van der Waals surface area contributed by atoms with Gasteiger partial charge in [0.15, 0.2) is 6.61 Å². The largest absolute Gasteiger partial charge is 0.463 e. The highest BCUT2D eigenvalue weighted by molar-refractivity contribution is 6.18. The summed E-state index contributed by atoms with van der Waals surface area (Å²) in [7, 11) is 0. The molecule has 0 aliphatic carbocycles. The molecule has 0 rings (SSSR count). The normalized spacial score (nSPS) is 8.75. The van der Waals surface area contributed by atoms with Crippen molar-refractivity contribution in [1.29, 1.82) is 0 Å². The first-order valence-corrected chi connectivity index (χ1v) is 2.64. The second-order valence-corrected chi connectivity index (χ2v) is 1.43. The van der Waals surface area contributed by atoms with E-state index in [1.165, 1.54) is 0 Å². The summed E-state index contributed by atoms with van der Waals surface area (Å²) in [6, 6.07) is 0. The Bertz CT molecular complexity index is 73.7. The zero-order valence-electron chi connectivity index (χ0n) is 4.22. The van der Waals surface area contributed by atoms with Gasteiger partial charge in [0.05, 0.1) is 5.88 Å². The summed E-state index contributed by atoms with van der Waals surface area (Å²) in [5, 5.41) is 9.62. The van der Waals surface area contributed by atoms with Crippen LogP contribution in [0, 0.1) is 0 Å². The summed E-state index contributed by atoms with van der Waals surface area (Å²) in [5.41, 5.74) is 0. The molecule has 0 aliphatic heterocycles. The van der Waals surface area contributed by atoms with Crippen LogP contribution in [-0.2, 0) is 14.6 Å². The number of hydrogen-bond donors (Lipinski definition) is 0. The zero-order chi connectivity index (χ0) is 6.41. The molecule has 0 atom stereocenters. The van der Waals surface area contributed by atoms with E-state index >= 15 is 0 Å². The second-order valence-electron chi connectivity index (χ2n) is 1.05. The minimum Gasteiger partial charge on any atom is -0.463 e. The van der Waals surface area contributed by atoms with Crippen molar-refractivity contribution in [3.63, 3.8) is 0 Å². The number of hydrogen-bond acceptors (Lipinski definition) is 2. The van der Waals surface area contributed by atoms with E-state index in [2.05, 4.69) is 4.74 Å². The quantitative estimate of drug-likeness (QED) is 0.412. The van der Waals surface area contributed by atoms with Crippen LogP contribution in [0.1, 0.15) is 0 Å². The highest BCUT2D eigenvalue weighted by atomic mass is 35.5. The minimum absolute atomic E-state index is 0.128. The third-order valence-electron chi connectivity index (χ3n) is 0.458. The molecular formula is C4H6ClO3. The lowest BCUT2D eigenvalue weighted by molar-refractivity contribution is -0.148. The lowest BCUT2D eigenvalue weighted by atomic mass is 10.7. The Hall–Kier alpha value is -0.280. The molecule has 0 aromatic carbocycles. The number of ether oxygens (including phenoxy) is 1. The molecule has 0 bridgehead atoms. The molecule has 0 aromatic rings. The maximum Gasteiger partial charge on any atom is 0.335 e. The minimum atomic E-state index is -0.823. The van der Waals surface area contributed by atoms with E-state index < -0.39 is 12.6 Å². The van der Waals surface area contributed by atoms with Gasteiger partial charge in [-0.05, 0) is 0 Å². The third-order valence-corrected chi connectivity index (χ3v) is 0.612. The zero-order valence-corrected chi connectivity index (χ0v) is 4.98. The van der Waals surface area contributed by atoms with Gasteiger partial charge >= 0.3 is 5.97 Å². The van der Waals surface area contributed by atoms with Crippen molar-refractivity contribution in [1.82, 2.24) is 0 Å². The lowest BCUT2D eigenvalue weighted by Crippen LogP contribution is -2.09. The molecule has 8 heavy (non-hydrogen) atoms. The van der Waals surface area contributed by atoms with Gasteiger partial charge in [0.25, 0.3) is 0 Å². The Morgan fingerprint density at radius 2 is 2.25 bits per heavy atom. The van der Waals surface area contributed by atoms with E-state index in [1.54, 1.807) is 0 Å². The van der Waals surface area contributed by atoms with E-state index in [0.29, 0.717) is 0 Å². The Labute approximate surface area is 52.2 Å².